The van der Waals surface area contributed by atoms with Gasteiger partial charge in [-0.05, 0) is 24.3 Å². The van der Waals surface area contributed by atoms with Gasteiger partial charge in [0, 0.05) is 10.7 Å². The van der Waals surface area contributed by atoms with E-state index in [1.807, 2.05) is 0 Å². The number of aromatic nitrogens is 2. The predicted molar refractivity (Wildman–Crippen MR) is 66.2 cm³/mol. The molecule has 92 valence electrons. The normalized spacial score (nSPS) is 10.1. The summed E-state index contributed by atoms with van der Waals surface area (Å²) < 4.78 is 0. The Labute approximate surface area is 106 Å². The number of H-pyrrole nitrogens is 1. The topological polar surface area (TPSA) is 101 Å². The fourth-order valence-electron chi connectivity index (χ4n) is 1.32. The van der Waals surface area contributed by atoms with E-state index in [-0.39, 0.29) is 5.82 Å². The van der Waals surface area contributed by atoms with E-state index in [4.69, 9.17) is 11.6 Å². The van der Waals surface area contributed by atoms with Gasteiger partial charge in [-0.1, -0.05) is 11.6 Å². The van der Waals surface area contributed by atoms with Crippen molar-refractivity contribution >= 4 is 28.8 Å². The molecule has 0 aliphatic carbocycles. The van der Waals surface area contributed by atoms with Gasteiger partial charge in [-0.3, -0.25) is 14.9 Å². The number of rotatable bonds is 3. The highest BCUT2D eigenvalue weighted by molar-refractivity contribution is 6.30. The van der Waals surface area contributed by atoms with Crippen molar-refractivity contribution < 1.29 is 4.92 Å². The number of nitrogens with zero attached hydrogens (tertiary/aromatic N) is 2. The number of anilines is 2. The SMILES string of the molecule is O=c1[nH]cnc(Nc2ccc(Cl)cc2)c1[N+](=O)[O-]. The first kappa shape index (κ1) is 12.1. The van der Waals surface area contributed by atoms with Crippen LogP contribution in [0.5, 0.6) is 0 Å². The number of hydrogen-bond acceptors (Lipinski definition) is 5. The average molecular weight is 267 g/mol. The van der Waals surface area contributed by atoms with Crippen LogP contribution in [0.25, 0.3) is 0 Å². The van der Waals surface area contributed by atoms with Crippen LogP contribution >= 0.6 is 11.6 Å². The fraction of sp³-hybridized carbons (Fsp3) is 0. The first-order valence-electron chi connectivity index (χ1n) is 4.82. The summed E-state index contributed by atoms with van der Waals surface area (Å²) in [5, 5.41) is 14.0. The van der Waals surface area contributed by atoms with Crippen LogP contribution in [0.3, 0.4) is 0 Å². The van der Waals surface area contributed by atoms with E-state index in [2.05, 4.69) is 15.3 Å². The molecule has 0 saturated heterocycles. The van der Waals surface area contributed by atoms with E-state index in [9.17, 15) is 14.9 Å². The molecule has 0 atom stereocenters. The van der Waals surface area contributed by atoms with Crippen molar-refractivity contribution in [1.82, 2.24) is 9.97 Å². The van der Waals surface area contributed by atoms with E-state index >= 15 is 0 Å². The summed E-state index contributed by atoms with van der Waals surface area (Å²) in [7, 11) is 0. The van der Waals surface area contributed by atoms with Crippen molar-refractivity contribution in [2.24, 2.45) is 0 Å². The van der Waals surface area contributed by atoms with Crippen molar-refractivity contribution in [3.63, 3.8) is 0 Å². The summed E-state index contributed by atoms with van der Waals surface area (Å²) >= 11 is 5.71. The molecule has 1 heterocycles. The lowest BCUT2D eigenvalue weighted by Crippen LogP contribution is -2.14. The minimum Gasteiger partial charge on any atom is -0.334 e. The summed E-state index contributed by atoms with van der Waals surface area (Å²) in [4.78, 5) is 27.2. The highest BCUT2D eigenvalue weighted by atomic mass is 35.5. The van der Waals surface area contributed by atoms with Crippen molar-refractivity contribution in [3.8, 4) is 0 Å². The molecule has 2 N–H and O–H groups in total. The van der Waals surface area contributed by atoms with Crippen LogP contribution < -0.4 is 10.9 Å². The van der Waals surface area contributed by atoms with E-state index in [0.717, 1.165) is 6.33 Å². The number of nitro groups is 1. The summed E-state index contributed by atoms with van der Waals surface area (Å²) in [6.45, 7) is 0. The standard InChI is InChI=1S/C10H7ClN4O3/c11-6-1-3-7(4-2-6)14-9-8(15(17)18)10(16)13-5-12-9/h1-5H,(H2,12,13,14,16). The van der Waals surface area contributed by atoms with Crippen molar-refractivity contribution in [3.05, 3.63) is 56.1 Å². The highest BCUT2D eigenvalue weighted by Crippen LogP contribution is 2.21. The maximum absolute atomic E-state index is 11.3. The van der Waals surface area contributed by atoms with Crippen LogP contribution in [0, 0.1) is 10.1 Å². The summed E-state index contributed by atoms with van der Waals surface area (Å²) in [5.41, 5.74) is -0.903. The largest absolute Gasteiger partial charge is 0.376 e. The first-order chi connectivity index (χ1) is 8.58. The quantitative estimate of drug-likeness (QED) is 0.654. The molecule has 0 radical (unpaired) electrons. The first-order valence-corrected chi connectivity index (χ1v) is 5.20. The van der Waals surface area contributed by atoms with Crippen molar-refractivity contribution in [1.29, 1.82) is 0 Å². The van der Waals surface area contributed by atoms with E-state index in [0.29, 0.717) is 10.7 Å². The molecule has 7 nitrogen and oxygen atoms in total. The van der Waals surface area contributed by atoms with Crippen LogP contribution in [0.4, 0.5) is 17.2 Å². The Morgan fingerprint density at radius 3 is 2.61 bits per heavy atom. The van der Waals surface area contributed by atoms with E-state index in [1.165, 1.54) is 0 Å². The predicted octanol–water partition coefficient (Wildman–Crippen LogP) is 2.08. The Hall–Kier alpha value is -2.41. The molecule has 8 heteroatoms. The molecule has 0 saturated carbocycles. The number of benzene rings is 1. The zero-order valence-electron chi connectivity index (χ0n) is 8.88. The molecule has 0 amide bonds. The second-order valence-electron chi connectivity index (χ2n) is 3.32. The molecule has 0 aliphatic rings. The van der Waals surface area contributed by atoms with Gasteiger partial charge in [0.05, 0.1) is 11.3 Å². The van der Waals surface area contributed by atoms with Gasteiger partial charge in [-0.25, -0.2) is 4.98 Å². The van der Waals surface area contributed by atoms with Crippen LogP contribution in [0.15, 0.2) is 35.4 Å². The number of hydrogen-bond donors (Lipinski definition) is 2. The van der Waals surface area contributed by atoms with Gasteiger partial charge in [0.15, 0.2) is 0 Å². The maximum Gasteiger partial charge on any atom is 0.376 e. The molecule has 0 spiro atoms. The zero-order valence-corrected chi connectivity index (χ0v) is 9.64. The lowest BCUT2D eigenvalue weighted by Gasteiger charge is -2.04. The van der Waals surface area contributed by atoms with Gasteiger partial charge in [0.2, 0.25) is 5.82 Å². The van der Waals surface area contributed by atoms with Crippen LogP contribution in [-0.4, -0.2) is 14.9 Å². The third-order valence-electron chi connectivity index (χ3n) is 2.12. The number of nitrogens with one attached hydrogen (secondary N) is 2. The maximum atomic E-state index is 11.3. The monoisotopic (exact) mass is 266 g/mol. The molecular weight excluding hydrogens is 260 g/mol. The molecular formula is C10H7ClN4O3. The Kier molecular flexibility index (Phi) is 3.24. The summed E-state index contributed by atoms with van der Waals surface area (Å²) in [6.07, 6.45) is 1.09. The average Bonchev–Trinajstić information content (AvgIpc) is 2.32. The minimum atomic E-state index is -0.813. The molecule has 1 aromatic heterocycles. The van der Waals surface area contributed by atoms with E-state index in [1.54, 1.807) is 24.3 Å². The van der Waals surface area contributed by atoms with Crippen LogP contribution in [-0.2, 0) is 0 Å². The molecule has 2 rings (SSSR count). The van der Waals surface area contributed by atoms with Gasteiger partial charge in [0.1, 0.15) is 0 Å². The Morgan fingerprint density at radius 2 is 2.00 bits per heavy atom. The Balaban J connectivity index is 2.40. The lowest BCUT2D eigenvalue weighted by atomic mass is 10.3. The van der Waals surface area contributed by atoms with E-state index < -0.39 is 16.2 Å². The fourth-order valence-corrected chi connectivity index (χ4v) is 1.45. The molecule has 0 bridgehead atoms. The Morgan fingerprint density at radius 1 is 1.33 bits per heavy atom. The molecule has 0 unspecified atom stereocenters. The van der Waals surface area contributed by atoms with Gasteiger partial charge in [-0.15, -0.1) is 0 Å². The number of halogens is 1. The van der Waals surface area contributed by atoms with Gasteiger partial charge in [0.25, 0.3) is 0 Å². The molecule has 0 aliphatic heterocycles. The second kappa shape index (κ2) is 4.84. The van der Waals surface area contributed by atoms with Crippen LogP contribution in [0.1, 0.15) is 0 Å². The van der Waals surface area contributed by atoms with Crippen molar-refractivity contribution in [2.75, 3.05) is 5.32 Å². The lowest BCUT2D eigenvalue weighted by molar-refractivity contribution is -0.385. The van der Waals surface area contributed by atoms with Crippen molar-refractivity contribution in [2.45, 2.75) is 0 Å². The second-order valence-corrected chi connectivity index (χ2v) is 3.75. The summed E-state index contributed by atoms with van der Waals surface area (Å²) in [6, 6.07) is 6.47. The molecule has 2 aromatic rings. The summed E-state index contributed by atoms with van der Waals surface area (Å²) in [5.74, 6) is -0.119. The van der Waals surface area contributed by atoms with Crippen LogP contribution in [0.2, 0.25) is 5.02 Å². The van der Waals surface area contributed by atoms with Gasteiger partial charge in [-0.2, -0.15) is 0 Å². The smallest absolute Gasteiger partial charge is 0.334 e. The minimum absolute atomic E-state index is 0.119. The zero-order chi connectivity index (χ0) is 13.1. The third-order valence-corrected chi connectivity index (χ3v) is 2.37. The molecule has 18 heavy (non-hydrogen) atoms. The highest BCUT2D eigenvalue weighted by Gasteiger charge is 2.20. The third kappa shape index (κ3) is 2.46. The Bertz CT molecular complexity index is 638. The van der Waals surface area contributed by atoms with Gasteiger partial charge < -0.3 is 10.3 Å². The van der Waals surface area contributed by atoms with Gasteiger partial charge >= 0.3 is 11.2 Å². The molecule has 0 fully saturated rings. The number of aromatic amines is 1. The molecule has 1 aromatic carbocycles.